The topological polar surface area (TPSA) is 58.7 Å². The maximum absolute atomic E-state index is 12.9. The fraction of sp³-hybridized carbons (Fsp3) is 0.346. The van der Waals surface area contributed by atoms with Crippen LogP contribution in [0.5, 0.6) is 0 Å². The smallest absolute Gasteiger partial charge is 0.153 e. The molecule has 0 bridgehead atoms. The van der Waals surface area contributed by atoms with E-state index < -0.39 is 5.92 Å². The molecule has 4 heteroatoms. The molecule has 5 rings (SSSR count). The Kier molecular flexibility index (Phi) is 4.55. The predicted octanol–water partition coefficient (Wildman–Crippen LogP) is 4.53. The molecule has 4 atom stereocenters. The van der Waals surface area contributed by atoms with Crippen LogP contribution in [0.25, 0.3) is 0 Å². The van der Waals surface area contributed by atoms with Crippen molar-refractivity contribution in [3.05, 3.63) is 89.2 Å². The van der Waals surface area contributed by atoms with Gasteiger partial charge in [0.2, 0.25) is 0 Å². The third-order valence-electron chi connectivity index (χ3n) is 7.17. The minimum atomic E-state index is -0.582. The number of aryl methyl sites for hydroxylation is 1. The number of carbonyl (C=O) groups is 1. The standard InChI is InChI=1S/C26H25N3O/c1-18-23-13-12-20-17-29(16-19-8-4-2-5-9-19)28-25(20)26(23,14-21(15-27)24(18)30)22-10-6-3-7-11-22/h2-11,17-18,21,23H,12-14,16H2,1H3/t18-,21?,23-,26+/m0/s1. The van der Waals surface area contributed by atoms with Crippen LogP contribution in [0.2, 0.25) is 0 Å². The van der Waals surface area contributed by atoms with E-state index in [9.17, 15) is 10.1 Å². The quantitative estimate of drug-likeness (QED) is 0.655. The lowest BCUT2D eigenvalue weighted by atomic mass is 9.51. The predicted molar refractivity (Wildman–Crippen MR) is 115 cm³/mol. The van der Waals surface area contributed by atoms with Crippen molar-refractivity contribution in [2.75, 3.05) is 0 Å². The maximum atomic E-state index is 12.9. The number of fused-ring (bicyclic) bond motifs is 3. The van der Waals surface area contributed by atoms with Crippen molar-refractivity contribution >= 4 is 5.78 Å². The van der Waals surface area contributed by atoms with Crippen molar-refractivity contribution in [2.24, 2.45) is 17.8 Å². The Morgan fingerprint density at radius 1 is 1.13 bits per heavy atom. The maximum Gasteiger partial charge on any atom is 0.153 e. The number of benzene rings is 2. The summed E-state index contributed by atoms with van der Waals surface area (Å²) in [5, 5.41) is 14.9. The van der Waals surface area contributed by atoms with Gasteiger partial charge in [-0.25, -0.2) is 0 Å². The summed E-state index contributed by atoms with van der Waals surface area (Å²) < 4.78 is 2.04. The van der Waals surface area contributed by atoms with E-state index in [4.69, 9.17) is 5.10 Å². The number of nitriles is 1. The molecule has 0 saturated heterocycles. The summed E-state index contributed by atoms with van der Waals surface area (Å²) >= 11 is 0. The van der Waals surface area contributed by atoms with E-state index in [1.54, 1.807) is 0 Å². The van der Waals surface area contributed by atoms with Gasteiger partial charge in [-0.3, -0.25) is 9.48 Å². The second-order valence-electron chi connectivity index (χ2n) is 8.75. The van der Waals surface area contributed by atoms with Gasteiger partial charge < -0.3 is 0 Å². The largest absolute Gasteiger partial charge is 0.298 e. The zero-order valence-corrected chi connectivity index (χ0v) is 17.2. The number of hydrogen-bond acceptors (Lipinski definition) is 3. The van der Waals surface area contributed by atoms with Crippen LogP contribution >= 0.6 is 0 Å². The Morgan fingerprint density at radius 3 is 2.53 bits per heavy atom. The van der Waals surface area contributed by atoms with Crippen molar-refractivity contribution < 1.29 is 4.79 Å². The van der Waals surface area contributed by atoms with Gasteiger partial charge in [0.05, 0.1) is 18.3 Å². The molecule has 2 aliphatic rings. The van der Waals surface area contributed by atoms with Crippen molar-refractivity contribution in [3.63, 3.8) is 0 Å². The molecule has 0 amide bonds. The fourth-order valence-corrected chi connectivity index (χ4v) is 5.78. The summed E-state index contributed by atoms with van der Waals surface area (Å²) in [6, 6.07) is 23.1. The van der Waals surface area contributed by atoms with Crippen LogP contribution < -0.4 is 0 Å². The lowest BCUT2D eigenvalue weighted by Crippen LogP contribution is -2.52. The van der Waals surface area contributed by atoms with Crippen LogP contribution in [0.4, 0.5) is 0 Å². The Labute approximate surface area is 177 Å². The molecule has 4 nitrogen and oxygen atoms in total. The highest BCUT2D eigenvalue weighted by Gasteiger charge is 2.56. The Bertz CT molecular complexity index is 1110. The first-order valence-corrected chi connectivity index (χ1v) is 10.7. The first-order chi connectivity index (χ1) is 14.6. The van der Waals surface area contributed by atoms with Gasteiger partial charge >= 0.3 is 0 Å². The molecule has 0 spiro atoms. The lowest BCUT2D eigenvalue weighted by Gasteiger charge is -2.50. The van der Waals surface area contributed by atoms with Gasteiger partial charge in [0.1, 0.15) is 5.92 Å². The summed E-state index contributed by atoms with van der Waals surface area (Å²) in [6.07, 6.45) is 4.57. The fourth-order valence-electron chi connectivity index (χ4n) is 5.78. The van der Waals surface area contributed by atoms with E-state index in [1.807, 2.05) is 35.9 Å². The molecule has 1 aromatic heterocycles. The second kappa shape index (κ2) is 7.25. The molecule has 1 unspecified atom stereocenters. The average molecular weight is 396 g/mol. The molecule has 0 aliphatic heterocycles. The van der Waals surface area contributed by atoms with E-state index >= 15 is 0 Å². The summed E-state index contributed by atoms with van der Waals surface area (Å²) in [6.45, 7) is 2.74. The first-order valence-electron chi connectivity index (χ1n) is 10.7. The van der Waals surface area contributed by atoms with E-state index in [2.05, 4.69) is 48.7 Å². The second-order valence-corrected chi connectivity index (χ2v) is 8.75. The Balaban J connectivity index is 1.66. The first kappa shape index (κ1) is 18.8. The molecule has 1 saturated carbocycles. The van der Waals surface area contributed by atoms with Gasteiger partial charge in [-0.2, -0.15) is 10.4 Å². The van der Waals surface area contributed by atoms with E-state index in [1.165, 1.54) is 16.7 Å². The van der Waals surface area contributed by atoms with Crippen LogP contribution in [-0.2, 0) is 23.2 Å². The monoisotopic (exact) mass is 395 g/mol. The van der Waals surface area contributed by atoms with Gasteiger partial charge in [-0.1, -0.05) is 67.6 Å². The van der Waals surface area contributed by atoms with E-state index in [0.29, 0.717) is 6.42 Å². The molecule has 0 N–H and O–H groups in total. The molecule has 0 radical (unpaired) electrons. The molecule has 30 heavy (non-hydrogen) atoms. The molecule has 1 heterocycles. The number of ketones is 1. The van der Waals surface area contributed by atoms with Crippen LogP contribution in [-0.4, -0.2) is 15.6 Å². The van der Waals surface area contributed by atoms with Gasteiger partial charge in [0.25, 0.3) is 0 Å². The summed E-state index contributed by atoms with van der Waals surface area (Å²) in [5.41, 5.74) is 4.33. The Hall–Kier alpha value is -3.19. The van der Waals surface area contributed by atoms with Crippen LogP contribution in [0, 0.1) is 29.1 Å². The number of rotatable bonds is 3. The molecule has 2 aliphatic carbocycles. The number of nitrogens with zero attached hydrogens (tertiary/aromatic N) is 3. The molecule has 150 valence electrons. The highest BCUT2D eigenvalue weighted by Crippen LogP contribution is 2.55. The van der Waals surface area contributed by atoms with Gasteiger partial charge in [0.15, 0.2) is 5.78 Å². The summed E-state index contributed by atoms with van der Waals surface area (Å²) in [5.74, 6) is -0.455. The highest BCUT2D eigenvalue weighted by molar-refractivity contribution is 5.87. The normalized spacial score (nSPS) is 27.7. The van der Waals surface area contributed by atoms with Crippen LogP contribution in [0.1, 0.15) is 42.1 Å². The molecule has 1 fully saturated rings. The van der Waals surface area contributed by atoms with Crippen LogP contribution in [0.3, 0.4) is 0 Å². The molecular weight excluding hydrogens is 370 g/mol. The third-order valence-corrected chi connectivity index (χ3v) is 7.17. The number of Topliss-reactive ketones (excluding diaryl/α,β-unsaturated/α-hetero) is 1. The minimum absolute atomic E-state index is 0.0984. The van der Waals surface area contributed by atoms with Gasteiger partial charge in [-0.05, 0) is 41.9 Å². The van der Waals surface area contributed by atoms with Crippen molar-refractivity contribution in [3.8, 4) is 6.07 Å². The van der Waals surface area contributed by atoms with E-state index in [0.717, 1.165) is 25.1 Å². The average Bonchev–Trinajstić information content (AvgIpc) is 3.20. The zero-order chi connectivity index (χ0) is 20.7. The molecule has 3 aromatic rings. The zero-order valence-electron chi connectivity index (χ0n) is 17.2. The minimum Gasteiger partial charge on any atom is -0.298 e. The summed E-state index contributed by atoms with van der Waals surface area (Å²) in [7, 11) is 0. The van der Waals surface area contributed by atoms with Gasteiger partial charge in [-0.15, -0.1) is 0 Å². The Morgan fingerprint density at radius 2 is 1.83 bits per heavy atom. The summed E-state index contributed by atoms with van der Waals surface area (Å²) in [4.78, 5) is 12.9. The lowest BCUT2D eigenvalue weighted by molar-refractivity contribution is -0.131. The number of aromatic nitrogens is 2. The highest BCUT2D eigenvalue weighted by atomic mass is 16.1. The van der Waals surface area contributed by atoms with Crippen molar-refractivity contribution in [2.45, 2.75) is 38.1 Å². The van der Waals surface area contributed by atoms with Crippen molar-refractivity contribution in [1.29, 1.82) is 5.26 Å². The number of carbonyl (C=O) groups excluding carboxylic acids is 1. The third kappa shape index (κ3) is 2.81. The number of hydrogen-bond donors (Lipinski definition) is 0. The van der Waals surface area contributed by atoms with Crippen LogP contribution in [0.15, 0.2) is 66.9 Å². The molecular formula is C26H25N3O. The van der Waals surface area contributed by atoms with Gasteiger partial charge in [0, 0.05) is 17.5 Å². The SMILES string of the molecule is C[C@@H]1C(=O)C(C#N)C[C@]2(c3ccccc3)c3nn(Cc4ccccc4)cc3CC[C@@H]12. The van der Waals surface area contributed by atoms with Crippen molar-refractivity contribution in [1.82, 2.24) is 9.78 Å². The van der Waals surface area contributed by atoms with E-state index in [-0.39, 0.29) is 23.0 Å². The molecule has 2 aromatic carbocycles.